The smallest absolute Gasteiger partial charge is 0.224 e. The number of carbonyl (C=O) groups excluding carboxylic acids is 1. The molecule has 0 aliphatic carbocycles. The normalized spacial score (nSPS) is 10.3. The van der Waals surface area contributed by atoms with Crippen LogP contribution >= 0.6 is 11.6 Å². The van der Waals surface area contributed by atoms with E-state index in [4.69, 9.17) is 11.6 Å². The number of aryl methyl sites for hydroxylation is 1. The Kier molecular flexibility index (Phi) is 4.69. The van der Waals surface area contributed by atoms with E-state index in [-0.39, 0.29) is 18.0 Å². The fraction of sp³-hybridized carbons (Fsp3) is 0.133. The summed E-state index contributed by atoms with van der Waals surface area (Å²) in [7, 11) is 0. The first-order valence-corrected chi connectivity index (χ1v) is 6.42. The standard InChI is InChI=1S/C15H12ClF2NO/c16-12-4-2-1-3-10(12)5-8-15(20)19-11-6-7-13(17)14(18)9-11/h1-4,6-7,9H,5,8H2,(H,19,20). The van der Waals surface area contributed by atoms with Crippen molar-refractivity contribution in [3.05, 3.63) is 64.7 Å². The lowest BCUT2D eigenvalue weighted by Crippen LogP contribution is -2.12. The van der Waals surface area contributed by atoms with Crippen molar-refractivity contribution in [3.63, 3.8) is 0 Å². The van der Waals surface area contributed by atoms with Gasteiger partial charge < -0.3 is 5.32 Å². The monoisotopic (exact) mass is 295 g/mol. The zero-order valence-electron chi connectivity index (χ0n) is 10.5. The molecular formula is C15H12ClF2NO. The van der Waals surface area contributed by atoms with Gasteiger partial charge in [0, 0.05) is 23.2 Å². The quantitative estimate of drug-likeness (QED) is 0.900. The molecule has 2 aromatic rings. The molecule has 0 atom stereocenters. The van der Waals surface area contributed by atoms with E-state index >= 15 is 0 Å². The third-order valence-electron chi connectivity index (χ3n) is 2.78. The van der Waals surface area contributed by atoms with Crippen molar-refractivity contribution in [2.45, 2.75) is 12.8 Å². The summed E-state index contributed by atoms with van der Waals surface area (Å²) < 4.78 is 25.7. The Morgan fingerprint density at radius 2 is 1.85 bits per heavy atom. The fourth-order valence-electron chi connectivity index (χ4n) is 1.75. The van der Waals surface area contributed by atoms with Gasteiger partial charge in [-0.2, -0.15) is 0 Å². The van der Waals surface area contributed by atoms with Crippen molar-refractivity contribution >= 4 is 23.2 Å². The number of anilines is 1. The van der Waals surface area contributed by atoms with E-state index in [1.807, 2.05) is 18.2 Å². The maximum Gasteiger partial charge on any atom is 0.224 e. The number of rotatable bonds is 4. The topological polar surface area (TPSA) is 29.1 Å². The minimum Gasteiger partial charge on any atom is -0.326 e. The van der Waals surface area contributed by atoms with Crippen LogP contribution in [0, 0.1) is 11.6 Å². The lowest BCUT2D eigenvalue weighted by atomic mass is 10.1. The van der Waals surface area contributed by atoms with Crippen LogP contribution in [0.25, 0.3) is 0 Å². The molecule has 0 aromatic heterocycles. The second-order valence-electron chi connectivity index (χ2n) is 4.27. The number of hydrogen-bond donors (Lipinski definition) is 1. The van der Waals surface area contributed by atoms with Gasteiger partial charge in [-0.1, -0.05) is 29.8 Å². The van der Waals surface area contributed by atoms with Gasteiger partial charge >= 0.3 is 0 Å². The van der Waals surface area contributed by atoms with Crippen LogP contribution in [0.4, 0.5) is 14.5 Å². The predicted molar refractivity (Wildman–Crippen MR) is 74.8 cm³/mol. The molecule has 0 fully saturated rings. The first-order valence-electron chi connectivity index (χ1n) is 6.04. The molecule has 0 spiro atoms. The molecule has 2 rings (SSSR count). The minimum absolute atomic E-state index is 0.211. The lowest BCUT2D eigenvalue weighted by Gasteiger charge is -2.06. The molecular weight excluding hydrogens is 284 g/mol. The molecule has 0 bridgehead atoms. The van der Waals surface area contributed by atoms with Crippen LogP contribution in [-0.2, 0) is 11.2 Å². The number of amides is 1. The van der Waals surface area contributed by atoms with Gasteiger partial charge in [-0.15, -0.1) is 0 Å². The number of nitrogens with one attached hydrogen (secondary N) is 1. The van der Waals surface area contributed by atoms with E-state index < -0.39 is 11.6 Å². The van der Waals surface area contributed by atoms with Gasteiger partial charge in [-0.05, 0) is 30.2 Å². The second-order valence-corrected chi connectivity index (χ2v) is 4.68. The largest absolute Gasteiger partial charge is 0.326 e. The van der Waals surface area contributed by atoms with E-state index in [1.165, 1.54) is 6.07 Å². The molecule has 0 saturated heterocycles. The molecule has 0 aliphatic heterocycles. The van der Waals surface area contributed by atoms with Crippen molar-refractivity contribution in [1.82, 2.24) is 0 Å². The average molecular weight is 296 g/mol. The Morgan fingerprint density at radius 3 is 2.55 bits per heavy atom. The first-order chi connectivity index (χ1) is 9.56. The Balaban J connectivity index is 1.93. The molecule has 0 unspecified atom stereocenters. The molecule has 0 heterocycles. The van der Waals surface area contributed by atoms with Crippen LogP contribution in [0.3, 0.4) is 0 Å². The summed E-state index contributed by atoms with van der Waals surface area (Å²) in [6.07, 6.45) is 0.692. The highest BCUT2D eigenvalue weighted by Crippen LogP contribution is 2.17. The van der Waals surface area contributed by atoms with Gasteiger partial charge in [0.15, 0.2) is 11.6 Å². The summed E-state index contributed by atoms with van der Waals surface area (Å²) in [5.74, 6) is -2.22. The van der Waals surface area contributed by atoms with Crippen molar-refractivity contribution < 1.29 is 13.6 Å². The van der Waals surface area contributed by atoms with Gasteiger partial charge in [0.25, 0.3) is 0 Å². The van der Waals surface area contributed by atoms with E-state index in [0.717, 1.165) is 17.7 Å². The molecule has 0 aliphatic rings. The van der Waals surface area contributed by atoms with Crippen molar-refractivity contribution in [2.24, 2.45) is 0 Å². The van der Waals surface area contributed by atoms with Crippen LogP contribution in [0.15, 0.2) is 42.5 Å². The van der Waals surface area contributed by atoms with E-state index in [0.29, 0.717) is 11.4 Å². The summed E-state index contributed by atoms with van der Waals surface area (Å²) in [5.41, 5.74) is 1.10. The van der Waals surface area contributed by atoms with Gasteiger partial charge in [-0.25, -0.2) is 8.78 Å². The highest BCUT2D eigenvalue weighted by Gasteiger charge is 2.07. The molecule has 2 aromatic carbocycles. The SMILES string of the molecule is O=C(CCc1ccccc1Cl)Nc1ccc(F)c(F)c1. The number of hydrogen-bond acceptors (Lipinski definition) is 1. The lowest BCUT2D eigenvalue weighted by molar-refractivity contribution is -0.116. The highest BCUT2D eigenvalue weighted by atomic mass is 35.5. The number of halogens is 3. The molecule has 0 saturated carbocycles. The van der Waals surface area contributed by atoms with Gasteiger partial charge in [-0.3, -0.25) is 4.79 Å². The first kappa shape index (κ1) is 14.5. The Labute approximate surface area is 120 Å². The number of carbonyl (C=O) groups is 1. The Bertz CT molecular complexity index is 631. The molecule has 0 radical (unpaired) electrons. The molecule has 104 valence electrons. The van der Waals surface area contributed by atoms with Crippen LogP contribution in [0.2, 0.25) is 5.02 Å². The summed E-state index contributed by atoms with van der Waals surface area (Å²) >= 11 is 5.98. The van der Waals surface area contributed by atoms with E-state index in [9.17, 15) is 13.6 Å². The van der Waals surface area contributed by atoms with Crippen molar-refractivity contribution in [1.29, 1.82) is 0 Å². The number of benzene rings is 2. The molecule has 1 N–H and O–H groups in total. The van der Waals surface area contributed by atoms with E-state index in [2.05, 4.69) is 5.32 Å². The van der Waals surface area contributed by atoms with Crippen LogP contribution in [0.1, 0.15) is 12.0 Å². The van der Waals surface area contributed by atoms with Crippen LogP contribution in [-0.4, -0.2) is 5.91 Å². The Morgan fingerprint density at radius 1 is 1.10 bits per heavy atom. The van der Waals surface area contributed by atoms with Crippen molar-refractivity contribution in [3.8, 4) is 0 Å². The van der Waals surface area contributed by atoms with Gasteiger partial charge in [0.1, 0.15) is 0 Å². The highest BCUT2D eigenvalue weighted by molar-refractivity contribution is 6.31. The summed E-state index contributed by atoms with van der Waals surface area (Å²) in [6, 6.07) is 10.5. The summed E-state index contributed by atoms with van der Waals surface area (Å²) in [5, 5.41) is 3.12. The Hall–Kier alpha value is -1.94. The third kappa shape index (κ3) is 3.78. The molecule has 20 heavy (non-hydrogen) atoms. The maximum absolute atomic E-state index is 13.0. The molecule has 1 amide bonds. The average Bonchev–Trinajstić information content (AvgIpc) is 2.42. The van der Waals surface area contributed by atoms with E-state index in [1.54, 1.807) is 6.07 Å². The van der Waals surface area contributed by atoms with Crippen molar-refractivity contribution in [2.75, 3.05) is 5.32 Å². The third-order valence-corrected chi connectivity index (χ3v) is 3.15. The zero-order chi connectivity index (χ0) is 14.5. The molecule has 5 heteroatoms. The maximum atomic E-state index is 13.0. The molecule has 2 nitrogen and oxygen atoms in total. The van der Waals surface area contributed by atoms with Crippen LogP contribution < -0.4 is 5.32 Å². The summed E-state index contributed by atoms with van der Waals surface area (Å²) in [6.45, 7) is 0. The summed E-state index contributed by atoms with van der Waals surface area (Å²) in [4.78, 5) is 11.7. The van der Waals surface area contributed by atoms with Gasteiger partial charge in [0.05, 0.1) is 0 Å². The predicted octanol–water partition coefficient (Wildman–Crippen LogP) is 4.19. The van der Waals surface area contributed by atoms with Gasteiger partial charge in [0.2, 0.25) is 5.91 Å². The zero-order valence-corrected chi connectivity index (χ0v) is 11.3. The fourth-order valence-corrected chi connectivity index (χ4v) is 1.98. The minimum atomic E-state index is -0.992. The van der Waals surface area contributed by atoms with Crippen LogP contribution in [0.5, 0.6) is 0 Å². The second kappa shape index (κ2) is 6.48.